The fourth-order valence-electron chi connectivity index (χ4n) is 1.70. The van der Waals surface area contributed by atoms with Crippen LogP contribution in [0.3, 0.4) is 0 Å². The maximum absolute atomic E-state index is 13.6. The summed E-state index contributed by atoms with van der Waals surface area (Å²) in [5, 5.41) is 12.8. The molecule has 0 aliphatic heterocycles. The number of hydrogen-bond acceptors (Lipinski definition) is 4. The summed E-state index contributed by atoms with van der Waals surface area (Å²) in [7, 11) is 0. The molecule has 0 saturated heterocycles. The zero-order valence-electron chi connectivity index (χ0n) is 10.1. The van der Waals surface area contributed by atoms with Crippen molar-refractivity contribution in [2.45, 2.75) is 19.9 Å². The fourth-order valence-corrected chi connectivity index (χ4v) is 2.53. The summed E-state index contributed by atoms with van der Waals surface area (Å²) in [5.41, 5.74) is 1.81. The smallest absolute Gasteiger partial charge is 0.128 e. The van der Waals surface area contributed by atoms with Gasteiger partial charge in [-0.25, -0.2) is 4.39 Å². The molecule has 0 amide bonds. The van der Waals surface area contributed by atoms with Crippen LogP contribution in [0.5, 0.6) is 0 Å². The lowest BCUT2D eigenvalue weighted by Crippen LogP contribution is -2.08. The molecule has 1 heterocycles. The predicted octanol–water partition coefficient (Wildman–Crippen LogP) is 3.64. The summed E-state index contributed by atoms with van der Waals surface area (Å²) in [6.07, 6.45) is 0. The van der Waals surface area contributed by atoms with Crippen LogP contribution in [-0.2, 0) is 0 Å². The molecule has 18 heavy (non-hydrogen) atoms. The van der Waals surface area contributed by atoms with E-state index in [4.69, 9.17) is 5.26 Å². The molecule has 0 fully saturated rings. The third-order valence-corrected chi connectivity index (χ3v) is 3.56. The van der Waals surface area contributed by atoms with Gasteiger partial charge in [0.1, 0.15) is 22.5 Å². The Morgan fingerprint density at radius 1 is 1.44 bits per heavy atom. The highest BCUT2D eigenvalue weighted by Gasteiger charge is 2.15. The van der Waals surface area contributed by atoms with Crippen LogP contribution in [0.25, 0.3) is 0 Å². The molecule has 1 aromatic heterocycles. The van der Waals surface area contributed by atoms with E-state index in [1.807, 2.05) is 6.92 Å². The second-order valence-electron chi connectivity index (χ2n) is 3.97. The number of hydrogen-bond donors (Lipinski definition) is 1. The number of rotatable bonds is 3. The van der Waals surface area contributed by atoms with E-state index in [2.05, 4.69) is 15.8 Å². The number of aryl methyl sites for hydroxylation is 1. The number of benzene rings is 1. The third-order valence-electron chi connectivity index (χ3n) is 2.69. The predicted molar refractivity (Wildman–Crippen MR) is 70.0 cm³/mol. The first-order chi connectivity index (χ1) is 8.63. The Kier molecular flexibility index (Phi) is 3.58. The minimum atomic E-state index is -0.253. The van der Waals surface area contributed by atoms with Gasteiger partial charge in [0.05, 0.1) is 11.7 Å². The number of nitrogens with one attached hydrogen (secondary N) is 1. The van der Waals surface area contributed by atoms with Crippen molar-refractivity contribution in [1.82, 2.24) is 4.37 Å². The molecular weight excluding hydrogens is 249 g/mol. The SMILES string of the molecule is Cc1nsc(NC(C)c2ccccc2F)c1C#N. The van der Waals surface area contributed by atoms with E-state index in [0.717, 1.165) is 0 Å². The first-order valence-electron chi connectivity index (χ1n) is 5.50. The molecule has 0 saturated carbocycles. The molecule has 5 heteroatoms. The molecule has 0 spiro atoms. The van der Waals surface area contributed by atoms with Crippen LogP contribution in [0.2, 0.25) is 0 Å². The van der Waals surface area contributed by atoms with Crippen molar-refractivity contribution >= 4 is 16.5 Å². The van der Waals surface area contributed by atoms with Crippen LogP contribution >= 0.6 is 11.5 Å². The summed E-state index contributed by atoms with van der Waals surface area (Å²) in [5.74, 6) is -0.253. The molecule has 0 radical (unpaired) electrons. The molecule has 1 N–H and O–H groups in total. The monoisotopic (exact) mass is 261 g/mol. The topological polar surface area (TPSA) is 48.7 Å². The van der Waals surface area contributed by atoms with Crippen LogP contribution in [0.4, 0.5) is 9.39 Å². The third kappa shape index (κ3) is 2.34. The summed E-state index contributed by atoms with van der Waals surface area (Å²) in [6, 6.07) is 8.50. The highest BCUT2D eigenvalue weighted by atomic mass is 32.1. The van der Waals surface area contributed by atoms with Crippen molar-refractivity contribution < 1.29 is 4.39 Å². The van der Waals surface area contributed by atoms with E-state index in [1.54, 1.807) is 25.1 Å². The Balaban J connectivity index is 2.25. The van der Waals surface area contributed by atoms with Gasteiger partial charge in [-0.05, 0) is 31.4 Å². The zero-order valence-corrected chi connectivity index (χ0v) is 10.9. The quantitative estimate of drug-likeness (QED) is 0.917. The highest BCUT2D eigenvalue weighted by molar-refractivity contribution is 7.10. The maximum Gasteiger partial charge on any atom is 0.128 e. The maximum atomic E-state index is 13.6. The van der Waals surface area contributed by atoms with Crippen LogP contribution in [0.1, 0.15) is 29.8 Å². The van der Waals surface area contributed by atoms with E-state index in [9.17, 15) is 4.39 Å². The Morgan fingerprint density at radius 2 is 2.17 bits per heavy atom. The lowest BCUT2D eigenvalue weighted by Gasteiger charge is -2.14. The lowest BCUT2D eigenvalue weighted by atomic mass is 10.1. The van der Waals surface area contributed by atoms with Gasteiger partial charge in [0.15, 0.2) is 0 Å². The van der Waals surface area contributed by atoms with Gasteiger partial charge in [-0.1, -0.05) is 18.2 Å². The van der Waals surface area contributed by atoms with Gasteiger partial charge in [0.25, 0.3) is 0 Å². The van der Waals surface area contributed by atoms with E-state index in [-0.39, 0.29) is 11.9 Å². The van der Waals surface area contributed by atoms with Gasteiger partial charge in [-0.3, -0.25) is 0 Å². The molecule has 1 aromatic carbocycles. The first-order valence-corrected chi connectivity index (χ1v) is 6.28. The minimum Gasteiger partial charge on any atom is -0.368 e. The van der Waals surface area contributed by atoms with Gasteiger partial charge in [-0.2, -0.15) is 9.64 Å². The van der Waals surface area contributed by atoms with E-state index < -0.39 is 0 Å². The largest absolute Gasteiger partial charge is 0.368 e. The number of nitriles is 1. The number of nitrogens with zero attached hydrogens (tertiary/aromatic N) is 2. The summed E-state index contributed by atoms with van der Waals surface area (Å²) in [4.78, 5) is 0. The van der Waals surface area contributed by atoms with Gasteiger partial charge < -0.3 is 5.32 Å². The molecule has 2 aromatic rings. The van der Waals surface area contributed by atoms with Crippen LogP contribution in [-0.4, -0.2) is 4.37 Å². The molecule has 0 aliphatic carbocycles. The van der Waals surface area contributed by atoms with Gasteiger partial charge >= 0.3 is 0 Å². The Hall–Kier alpha value is -1.93. The summed E-state index contributed by atoms with van der Waals surface area (Å²) in [6.45, 7) is 3.64. The van der Waals surface area contributed by atoms with Crippen molar-refractivity contribution in [3.63, 3.8) is 0 Å². The fraction of sp³-hybridized carbons (Fsp3) is 0.231. The average Bonchev–Trinajstić information content (AvgIpc) is 2.70. The van der Waals surface area contributed by atoms with Crippen molar-refractivity contribution in [2.75, 3.05) is 5.32 Å². The number of anilines is 1. The second-order valence-corrected chi connectivity index (χ2v) is 4.74. The number of aromatic nitrogens is 1. The molecule has 92 valence electrons. The first kappa shape index (κ1) is 12.5. The van der Waals surface area contributed by atoms with Crippen LogP contribution in [0.15, 0.2) is 24.3 Å². The van der Waals surface area contributed by atoms with Gasteiger partial charge in [0, 0.05) is 5.56 Å². The second kappa shape index (κ2) is 5.15. The van der Waals surface area contributed by atoms with Crippen molar-refractivity contribution in [2.24, 2.45) is 0 Å². The molecule has 1 atom stereocenters. The Morgan fingerprint density at radius 3 is 2.83 bits per heavy atom. The normalized spacial score (nSPS) is 11.9. The molecule has 0 bridgehead atoms. The molecule has 0 aliphatic rings. The van der Waals surface area contributed by atoms with Crippen LogP contribution in [0, 0.1) is 24.1 Å². The summed E-state index contributed by atoms with van der Waals surface area (Å²) < 4.78 is 17.7. The van der Waals surface area contributed by atoms with Crippen molar-refractivity contribution in [1.29, 1.82) is 5.26 Å². The zero-order chi connectivity index (χ0) is 13.1. The van der Waals surface area contributed by atoms with Crippen molar-refractivity contribution in [3.8, 4) is 6.07 Å². The summed E-state index contributed by atoms with van der Waals surface area (Å²) >= 11 is 1.22. The Bertz CT molecular complexity index is 601. The van der Waals surface area contributed by atoms with E-state index in [0.29, 0.717) is 21.8 Å². The minimum absolute atomic E-state index is 0.210. The standard InChI is InChI=1S/C13H12FN3S/c1-8(10-5-3-4-6-12(10)14)16-13-11(7-15)9(2)17-18-13/h3-6,8,16H,1-2H3. The van der Waals surface area contributed by atoms with Crippen molar-refractivity contribution in [3.05, 3.63) is 46.9 Å². The van der Waals surface area contributed by atoms with E-state index >= 15 is 0 Å². The molecular formula is C13H12FN3S. The average molecular weight is 261 g/mol. The van der Waals surface area contributed by atoms with Gasteiger partial charge in [-0.15, -0.1) is 0 Å². The van der Waals surface area contributed by atoms with Gasteiger partial charge in [0.2, 0.25) is 0 Å². The molecule has 1 unspecified atom stereocenters. The highest BCUT2D eigenvalue weighted by Crippen LogP contribution is 2.28. The number of halogens is 1. The molecule has 2 rings (SSSR count). The van der Waals surface area contributed by atoms with Crippen LogP contribution < -0.4 is 5.32 Å². The Labute approximate surface area is 109 Å². The molecule has 3 nitrogen and oxygen atoms in total. The van der Waals surface area contributed by atoms with E-state index in [1.165, 1.54) is 17.6 Å². The lowest BCUT2D eigenvalue weighted by molar-refractivity contribution is 0.600.